The van der Waals surface area contributed by atoms with Crippen molar-refractivity contribution in [2.75, 3.05) is 5.32 Å². The lowest BCUT2D eigenvalue weighted by atomic mass is 10.1. The second kappa shape index (κ2) is 7.06. The van der Waals surface area contributed by atoms with Crippen LogP contribution in [0.15, 0.2) is 40.9 Å². The van der Waals surface area contributed by atoms with E-state index in [1.54, 1.807) is 13.0 Å². The Morgan fingerprint density at radius 2 is 2.03 bits per heavy atom. The molecule has 0 fully saturated rings. The van der Waals surface area contributed by atoms with E-state index in [-0.39, 0.29) is 17.0 Å². The van der Waals surface area contributed by atoms with E-state index in [0.29, 0.717) is 16.8 Å². The number of thiophene rings is 1. The highest BCUT2D eigenvalue weighted by Crippen LogP contribution is 2.31. The van der Waals surface area contributed by atoms with Crippen LogP contribution >= 0.6 is 11.3 Å². The van der Waals surface area contributed by atoms with Crippen LogP contribution in [-0.2, 0) is 0 Å². The Balaban J connectivity index is 1.78. The van der Waals surface area contributed by atoms with Crippen LogP contribution in [0.2, 0.25) is 0 Å². The monoisotopic (exact) mass is 412 g/mol. The standard InChI is InChI=1S/C19H13FN4O4S/c1-9-3-6-16(29-9)14-8-12(17-10(2)23-28-19(17)22-14)18(25)21-11-4-5-13(20)15(7-11)24(26)27/h3-8H,1-2H3,(H,21,25). The first-order chi connectivity index (χ1) is 13.8. The van der Waals surface area contributed by atoms with E-state index in [4.69, 9.17) is 4.52 Å². The van der Waals surface area contributed by atoms with Crippen molar-refractivity contribution < 1.29 is 18.6 Å². The Hall–Kier alpha value is -3.66. The number of nitro groups is 1. The van der Waals surface area contributed by atoms with Crippen molar-refractivity contribution in [2.24, 2.45) is 0 Å². The molecule has 10 heteroatoms. The fourth-order valence-electron chi connectivity index (χ4n) is 2.90. The molecule has 146 valence electrons. The smallest absolute Gasteiger partial charge is 0.306 e. The molecule has 0 saturated carbocycles. The van der Waals surface area contributed by atoms with Crippen molar-refractivity contribution in [3.05, 3.63) is 68.5 Å². The van der Waals surface area contributed by atoms with E-state index in [2.05, 4.69) is 15.5 Å². The summed E-state index contributed by atoms with van der Waals surface area (Å²) in [7, 11) is 0. The summed E-state index contributed by atoms with van der Waals surface area (Å²) in [5, 5.41) is 17.8. The first-order valence-electron chi connectivity index (χ1n) is 8.42. The number of benzene rings is 1. The fraction of sp³-hybridized carbons (Fsp3) is 0.105. The Labute approximate surface area is 167 Å². The predicted octanol–water partition coefficient (Wildman–Crippen LogP) is 4.87. The van der Waals surface area contributed by atoms with Gasteiger partial charge in [0.15, 0.2) is 0 Å². The second-order valence-electron chi connectivity index (χ2n) is 6.29. The highest BCUT2D eigenvalue weighted by atomic mass is 32.1. The van der Waals surface area contributed by atoms with Crippen LogP contribution < -0.4 is 5.32 Å². The van der Waals surface area contributed by atoms with Crippen molar-refractivity contribution in [1.82, 2.24) is 10.1 Å². The molecule has 0 atom stereocenters. The molecular weight excluding hydrogens is 399 g/mol. The molecule has 4 aromatic rings. The minimum Gasteiger partial charge on any atom is -0.335 e. The lowest BCUT2D eigenvalue weighted by Crippen LogP contribution is -2.13. The number of pyridine rings is 1. The quantitative estimate of drug-likeness (QED) is 0.378. The van der Waals surface area contributed by atoms with Gasteiger partial charge in [-0.1, -0.05) is 5.16 Å². The van der Waals surface area contributed by atoms with Crippen LogP contribution in [0.5, 0.6) is 0 Å². The molecule has 0 aliphatic rings. The van der Waals surface area contributed by atoms with Crippen LogP contribution in [0.3, 0.4) is 0 Å². The second-order valence-corrected chi connectivity index (χ2v) is 7.58. The normalized spacial score (nSPS) is 11.0. The van der Waals surface area contributed by atoms with Gasteiger partial charge in [-0.15, -0.1) is 11.3 Å². The Bertz CT molecular complexity index is 1280. The van der Waals surface area contributed by atoms with Crippen molar-refractivity contribution in [3.63, 3.8) is 0 Å². The number of nitrogens with zero attached hydrogens (tertiary/aromatic N) is 3. The maximum Gasteiger partial charge on any atom is 0.306 e. The molecule has 0 aliphatic heterocycles. The van der Waals surface area contributed by atoms with Gasteiger partial charge in [-0.2, -0.15) is 4.39 Å². The van der Waals surface area contributed by atoms with Crippen LogP contribution in [0.4, 0.5) is 15.8 Å². The number of aromatic nitrogens is 2. The molecule has 3 aromatic heterocycles. The third kappa shape index (κ3) is 3.45. The third-order valence-corrected chi connectivity index (χ3v) is 5.28. The van der Waals surface area contributed by atoms with E-state index < -0.39 is 22.3 Å². The molecule has 4 rings (SSSR count). The molecule has 1 amide bonds. The Kier molecular flexibility index (Phi) is 4.55. The number of nitrogens with one attached hydrogen (secondary N) is 1. The van der Waals surface area contributed by atoms with E-state index in [9.17, 15) is 19.3 Å². The zero-order chi connectivity index (χ0) is 20.7. The number of hydrogen-bond donors (Lipinski definition) is 1. The summed E-state index contributed by atoms with van der Waals surface area (Å²) < 4.78 is 18.8. The number of nitro benzene ring substituents is 1. The van der Waals surface area contributed by atoms with Crippen LogP contribution in [0, 0.1) is 29.8 Å². The molecule has 0 spiro atoms. The van der Waals surface area contributed by atoms with Crippen molar-refractivity contribution in [3.8, 4) is 10.6 Å². The molecule has 1 N–H and O–H groups in total. The van der Waals surface area contributed by atoms with Gasteiger partial charge in [0.2, 0.25) is 5.82 Å². The predicted molar refractivity (Wildman–Crippen MR) is 106 cm³/mol. The zero-order valence-corrected chi connectivity index (χ0v) is 16.0. The number of anilines is 1. The highest BCUT2D eigenvalue weighted by Gasteiger charge is 2.21. The number of fused-ring (bicyclic) bond motifs is 1. The largest absolute Gasteiger partial charge is 0.335 e. The van der Waals surface area contributed by atoms with E-state index in [1.807, 2.05) is 19.1 Å². The SMILES string of the molecule is Cc1ccc(-c2cc(C(=O)Nc3ccc(F)c([N+](=O)[O-])c3)c3c(C)noc3n2)s1. The Morgan fingerprint density at radius 1 is 1.24 bits per heavy atom. The number of carbonyl (C=O) groups excluding carboxylic acids is 1. The molecule has 0 aliphatic carbocycles. The topological polar surface area (TPSA) is 111 Å². The van der Waals surface area contributed by atoms with Gasteiger partial charge in [0.05, 0.1) is 32.1 Å². The molecule has 0 radical (unpaired) electrons. The van der Waals surface area contributed by atoms with E-state index >= 15 is 0 Å². The van der Waals surface area contributed by atoms with Crippen LogP contribution in [-0.4, -0.2) is 21.0 Å². The summed E-state index contributed by atoms with van der Waals surface area (Å²) >= 11 is 1.51. The third-order valence-electron chi connectivity index (χ3n) is 4.26. The molecule has 0 saturated heterocycles. The molecule has 0 bridgehead atoms. The summed E-state index contributed by atoms with van der Waals surface area (Å²) in [6, 6.07) is 8.60. The fourth-order valence-corrected chi connectivity index (χ4v) is 3.73. The number of halogens is 1. The first kappa shape index (κ1) is 18.7. The van der Waals surface area contributed by atoms with Gasteiger partial charge >= 0.3 is 5.69 Å². The summed E-state index contributed by atoms with van der Waals surface area (Å²) in [6.07, 6.45) is 0. The lowest BCUT2D eigenvalue weighted by Gasteiger charge is -2.08. The van der Waals surface area contributed by atoms with Gasteiger partial charge in [0.25, 0.3) is 11.6 Å². The molecule has 1 aromatic carbocycles. The Morgan fingerprint density at radius 3 is 2.72 bits per heavy atom. The maximum absolute atomic E-state index is 13.6. The zero-order valence-electron chi connectivity index (χ0n) is 15.2. The summed E-state index contributed by atoms with van der Waals surface area (Å²) in [5.41, 5.74) is 0.857. The number of rotatable bonds is 4. The van der Waals surface area contributed by atoms with Gasteiger partial charge in [0.1, 0.15) is 0 Å². The van der Waals surface area contributed by atoms with E-state index in [1.165, 1.54) is 17.4 Å². The average Bonchev–Trinajstić information content (AvgIpc) is 3.28. The summed E-state index contributed by atoms with van der Waals surface area (Å²) in [5.74, 6) is -1.52. The molecular formula is C19H13FN4O4S. The summed E-state index contributed by atoms with van der Waals surface area (Å²) in [6.45, 7) is 3.64. The number of hydrogen-bond acceptors (Lipinski definition) is 7. The van der Waals surface area contributed by atoms with Gasteiger partial charge in [-0.25, -0.2) is 4.98 Å². The minimum absolute atomic E-state index is 0.0932. The number of aryl methyl sites for hydroxylation is 2. The van der Waals surface area contributed by atoms with E-state index in [0.717, 1.165) is 21.9 Å². The molecule has 3 heterocycles. The van der Waals surface area contributed by atoms with Gasteiger partial charge in [-0.05, 0) is 44.2 Å². The summed E-state index contributed by atoms with van der Waals surface area (Å²) in [4.78, 5) is 29.4. The number of amides is 1. The molecule has 29 heavy (non-hydrogen) atoms. The molecule has 0 unspecified atom stereocenters. The minimum atomic E-state index is -0.982. The van der Waals surface area contributed by atoms with Crippen molar-refractivity contribution >= 4 is 39.7 Å². The first-order valence-corrected chi connectivity index (χ1v) is 9.24. The van der Waals surface area contributed by atoms with Crippen LogP contribution in [0.25, 0.3) is 21.7 Å². The van der Waals surface area contributed by atoms with Gasteiger partial charge in [0, 0.05) is 16.6 Å². The average molecular weight is 412 g/mol. The van der Waals surface area contributed by atoms with Crippen molar-refractivity contribution in [2.45, 2.75) is 13.8 Å². The van der Waals surface area contributed by atoms with Crippen molar-refractivity contribution in [1.29, 1.82) is 0 Å². The van der Waals surface area contributed by atoms with Gasteiger partial charge in [-0.3, -0.25) is 14.9 Å². The van der Waals surface area contributed by atoms with Crippen LogP contribution in [0.1, 0.15) is 20.9 Å². The lowest BCUT2D eigenvalue weighted by molar-refractivity contribution is -0.387. The molecule has 8 nitrogen and oxygen atoms in total. The highest BCUT2D eigenvalue weighted by molar-refractivity contribution is 7.15. The number of carbonyl (C=O) groups is 1. The maximum atomic E-state index is 13.6. The van der Waals surface area contributed by atoms with Gasteiger partial charge < -0.3 is 9.84 Å².